The molecule has 0 bridgehead atoms. The monoisotopic (exact) mass is 466 g/mol. The first-order chi connectivity index (χ1) is 15.9. The van der Waals surface area contributed by atoms with Crippen LogP contribution in [0, 0.1) is 6.92 Å². The fourth-order valence-corrected chi connectivity index (χ4v) is 6.14. The SMILES string of the molecule is CCN(CC)S(=O)(=O)c1cc(C(=O)NCc2nn(-c3ccccc3)c3c2CCC3)ccc1C. The first-order valence-corrected chi connectivity index (χ1v) is 12.8. The number of nitrogens with zero attached hydrogens (tertiary/aromatic N) is 3. The van der Waals surface area contributed by atoms with Gasteiger partial charge in [-0.05, 0) is 61.6 Å². The maximum absolute atomic E-state index is 13.0. The zero-order valence-electron chi connectivity index (χ0n) is 19.3. The zero-order chi connectivity index (χ0) is 23.6. The van der Waals surface area contributed by atoms with Gasteiger partial charge in [-0.2, -0.15) is 9.40 Å². The van der Waals surface area contributed by atoms with E-state index in [4.69, 9.17) is 5.10 Å². The number of sulfonamides is 1. The molecule has 1 aliphatic carbocycles. The Balaban J connectivity index is 1.56. The van der Waals surface area contributed by atoms with Gasteiger partial charge >= 0.3 is 0 Å². The second-order valence-electron chi connectivity index (χ2n) is 8.23. The highest BCUT2D eigenvalue weighted by Gasteiger charge is 2.26. The van der Waals surface area contributed by atoms with Crippen molar-refractivity contribution in [2.24, 2.45) is 0 Å². The van der Waals surface area contributed by atoms with Gasteiger partial charge in [0.2, 0.25) is 10.0 Å². The van der Waals surface area contributed by atoms with E-state index in [0.29, 0.717) is 30.8 Å². The zero-order valence-corrected chi connectivity index (χ0v) is 20.2. The van der Waals surface area contributed by atoms with Crippen LogP contribution in [0.2, 0.25) is 0 Å². The van der Waals surface area contributed by atoms with E-state index in [1.807, 2.05) is 35.0 Å². The predicted octanol–water partition coefficient (Wildman–Crippen LogP) is 3.63. The molecule has 0 atom stereocenters. The number of para-hydroxylation sites is 1. The summed E-state index contributed by atoms with van der Waals surface area (Å²) in [7, 11) is -3.65. The highest BCUT2D eigenvalue weighted by atomic mass is 32.2. The van der Waals surface area contributed by atoms with Gasteiger partial charge in [-0.15, -0.1) is 0 Å². The Kier molecular flexibility index (Phi) is 6.67. The number of hydrogen-bond donors (Lipinski definition) is 1. The van der Waals surface area contributed by atoms with E-state index < -0.39 is 10.0 Å². The summed E-state index contributed by atoms with van der Waals surface area (Å²) in [6.45, 7) is 6.41. The minimum Gasteiger partial charge on any atom is -0.346 e. The Morgan fingerprint density at radius 2 is 1.82 bits per heavy atom. The van der Waals surface area contributed by atoms with Crippen molar-refractivity contribution in [2.75, 3.05) is 13.1 Å². The lowest BCUT2D eigenvalue weighted by molar-refractivity contribution is 0.0950. The van der Waals surface area contributed by atoms with Crippen molar-refractivity contribution in [3.05, 3.63) is 76.6 Å². The molecule has 0 spiro atoms. The van der Waals surface area contributed by atoms with Gasteiger partial charge in [0, 0.05) is 24.3 Å². The third kappa shape index (κ3) is 4.45. The van der Waals surface area contributed by atoms with Crippen molar-refractivity contribution < 1.29 is 13.2 Å². The Bertz CT molecular complexity index is 1260. The van der Waals surface area contributed by atoms with Gasteiger partial charge < -0.3 is 5.32 Å². The second kappa shape index (κ2) is 9.49. The highest BCUT2D eigenvalue weighted by Crippen LogP contribution is 2.28. The first kappa shape index (κ1) is 23.2. The second-order valence-corrected chi connectivity index (χ2v) is 10.1. The van der Waals surface area contributed by atoms with Gasteiger partial charge in [0.25, 0.3) is 5.91 Å². The molecule has 0 saturated carbocycles. The molecule has 1 aromatic heterocycles. The van der Waals surface area contributed by atoms with E-state index in [0.717, 1.165) is 30.6 Å². The van der Waals surface area contributed by atoms with Gasteiger partial charge in [-0.1, -0.05) is 38.1 Å². The van der Waals surface area contributed by atoms with Crippen LogP contribution >= 0.6 is 0 Å². The lowest BCUT2D eigenvalue weighted by atomic mass is 10.1. The van der Waals surface area contributed by atoms with Crippen LogP contribution in [0.25, 0.3) is 5.69 Å². The van der Waals surface area contributed by atoms with Crippen molar-refractivity contribution in [1.82, 2.24) is 19.4 Å². The molecule has 0 aliphatic heterocycles. The largest absolute Gasteiger partial charge is 0.346 e. The molecule has 8 heteroatoms. The number of benzene rings is 2. The fraction of sp³-hybridized carbons (Fsp3) is 0.360. The number of aromatic nitrogens is 2. The molecule has 4 rings (SSSR count). The minimum absolute atomic E-state index is 0.174. The van der Waals surface area contributed by atoms with Crippen LogP contribution in [0.1, 0.15) is 53.1 Å². The van der Waals surface area contributed by atoms with Crippen molar-refractivity contribution in [1.29, 1.82) is 0 Å². The van der Waals surface area contributed by atoms with Gasteiger partial charge in [0.1, 0.15) is 0 Å². The number of carbonyl (C=O) groups excluding carboxylic acids is 1. The van der Waals surface area contributed by atoms with Crippen LogP contribution in [-0.4, -0.2) is 41.5 Å². The number of rotatable bonds is 8. The Hall–Kier alpha value is -2.97. The number of hydrogen-bond acceptors (Lipinski definition) is 4. The van der Waals surface area contributed by atoms with Crippen LogP contribution in [0.3, 0.4) is 0 Å². The Labute approximate surface area is 195 Å². The van der Waals surface area contributed by atoms with Gasteiger partial charge in [0.05, 0.1) is 22.8 Å². The van der Waals surface area contributed by atoms with Crippen molar-refractivity contribution in [3.63, 3.8) is 0 Å². The molecule has 0 radical (unpaired) electrons. The molecule has 0 unspecified atom stereocenters. The number of fused-ring (bicyclic) bond motifs is 1. The molecule has 0 saturated heterocycles. The van der Waals surface area contributed by atoms with E-state index in [9.17, 15) is 13.2 Å². The average molecular weight is 467 g/mol. The molecule has 2 aromatic carbocycles. The molecular weight excluding hydrogens is 436 g/mol. The normalized spacial score (nSPS) is 13.3. The van der Waals surface area contributed by atoms with E-state index >= 15 is 0 Å². The fourth-order valence-electron chi connectivity index (χ4n) is 4.43. The third-order valence-electron chi connectivity index (χ3n) is 6.20. The van der Waals surface area contributed by atoms with Crippen molar-refractivity contribution >= 4 is 15.9 Å². The van der Waals surface area contributed by atoms with Crippen LogP contribution < -0.4 is 5.32 Å². The number of aryl methyl sites for hydroxylation is 1. The first-order valence-electron chi connectivity index (χ1n) is 11.4. The van der Waals surface area contributed by atoms with Crippen molar-refractivity contribution in [3.8, 4) is 5.69 Å². The molecule has 1 amide bonds. The summed E-state index contributed by atoms with van der Waals surface area (Å²) in [4.78, 5) is 13.1. The van der Waals surface area contributed by atoms with E-state index in [2.05, 4.69) is 5.32 Å². The van der Waals surface area contributed by atoms with Crippen LogP contribution in [0.15, 0.2) is 53.4 Å². The molecule has 7 nitrogen and oxygen atoms in total. The summed E-state index contributed by atoms with van der Waals surface area (Å²) < 4.78 is 29.4. The van der Waals surface area contributed by atoms with E-state index in [-0.39, 0.29) is 10.8 Å². The molecule has 1 aliphatic rings. The topological polar surface area (TPSA) is 84.3 Å². The molecule has 174 valence electrons. The van der Waals surface area contributed by atoms with Crippen LogP contribution in [0.4, 0.5) is 0 Å². The lowest BCUT2D eigenvalue weighted by Gasteiger charge is -2.20. The summed E-state index contributed by atoms with van der Waals surface area (Å²) in [6.07, 6.45) is 2.99. The molecule has 33 heavy (non-hydrogen) atoms. The van der Waals surface area contributed by atoms with Crippen molar-refractivity contribution in [2.45, 2.75) is 51.5 Å². The van der Waals surface area contributed by atoms with E-state index in [1.54, 1.807) is 32.9 Å². The number of nitrogens with one attached hydrogen (secondary N) is 1. The third-order valence-corrected chi connectivity index (χ3v) is 8.40. The Morgan fingerprint density at radius 3 is 2.52 bits per heavy atom. The number of carbonyl (C=O) groups is 1. The average Bonchev–Trinajstić information content (AvgIpc) is 3.42. The summed E-state index contributed by atoms with van der Waals surface area (Å²) in [6, 6.07) is 14.8. The van der Waals surface area contributed by atoms with Crippen LogP contribution in [-0.2, 0) is 29.4 Å². The Morgan fingerprint density at radius 1 is 1.09 bits per heavy atom. The van der Waals surface area contributed by atoms with E-state index in [1.165, 1.54) is 21.6 Å². The summed E-state index contributed by atoms with van der Waals surface area (Å²) in [5, 5.41) is 7.73. The minimum atomic E-state index is -3.65. The standard InChI is InChI=1S/C25H30N4O3S/c1-4-28(5-2)33(31,32)24-16-19(15-14-18(24)3)25(30)26-17-22-21-12-9-13-23(21)29(27-22)20-10-7-6-8-11-20/h6-8,10-11,14-16H,4-5,9,12-13,17H2,1-3H3,(H,26,30). The van der Waals surface area contributed by atoms with Gasteiger partial charge in [-0.25, -0.2) is 13.1 Å². The molecule has 1 heterocycles. The summed E-state index contributed by atoms with van der Waals surface area (Å²) in [5.41, 5.74) is 5.23. The smallest absolute Gasteiger partial charge is 0.251 e. The molecular formula is C25H30N4O3S. The summed E-state index contributed by atoms with van der Waals surface area (Å²) in [5.74, 6) is -0.313. The highest BCUT2D eigenvalue weighted by molar-refractivity contribution is 7.89. The quantitative estimate of drug-likeness (QED) is 0.549. The predicted molar refractivity (Wildman–Crippen MR) is 128 cm³/mol. The van der Waals surface area contributed by atoms with Gasteiger partial charge in [-0.3, -0.25) is 4.79 Å². The lowest BCUT2D eigenvalue weighted by Crippen LogP contribution is -2.31. The van der Waals surface area contributed by atoms with Crippen LogP contribution in [0.5, 0.6) is 0 Å². The number of amides is 1. The molecule has 3 aromatic rings. The molecule has 1 N–H and O–H groups in total. The summed E-state index contributed by atoms with van der Waals surface area (Å²) >= 11 is 0. The maximum atomic E-state index is 13.0. The maximum Gasteiger partial charge on any atom is 0.251 e. The molecule has 0 fully saturated rings. The van der Waals surface area contributed by atoms with Gasteiger partial charge in [0.15, 0.2) is 0 Å².